The normalized spacial score (nSPS) is 29.0. The van der Waals surface area contributed by atoms with Crippen molar-refractivity contribution in [3.63, 3.8) is 0 Å². The first kappa shape index (κ1) is 7.25. The molecule has 0 aromatic heterocycles. The first-order valence-electron chi connectivity index (χ1n) is 4.58. The third-order valence-corrected chi connectivity index (χ3v) is 2.75. The molecule has 2 unspecified atom stereocenters. The van der Waals surface area contributed by atoms with Crippen LogP contribution in [0.1, 0.15) is 17.9 Å². The molecule has 1 saturated carbocycles. The van der Waals surface area contributed by atoms with Crippen molar-refractivity contribution in [2.24, 2.45) is 5.92 Å². The van der Waals surface area contributed by atoms with Gasteiger partial charge in [-0.25, -0.2) is 0 Å². The van der Waals surface area contributed by atoms with Crippen molar-refractivity contribution in [2.45, 2.75) is 12.3 Å². The molecule has 1 aromatic rings. The highest BCUT2D eigenvalue weighted by atomic mass is 16.7. The summed E-state index contributed by atoms with van der Waals surface area (Å²) in [5, 5.41) is 0. The number of ether oxygens (including phenoxy) is 2. The van der Waals surface area contributed by atoms with E-state index in [-0.39, 0.29) is 0 Å². The molecule has 2 atom stereocenters. The van der Waals surface area contributed by atoms with Gasteiger partial charge in [0.1, 0.15) is 0 Å². The summed E-state index contributed by atoms with van der Waals surface area (Å²) in [6.07, 6.45) is 1.18. The molecule has 67 valence electrons. The number of rotatable bonds is 1. The molecule has 1 aliphatic heterocycles. The minimum atomic E-state index is 0.362. The molecular formula is C11H11O2. The number of fused-ring (bicyclic) bond motifs is 1. The lowest BCUT2D eigenvalue weighted by Gasteiger charge is -2.03. The Morgan fingerprint density at radius 3 is 2.92 bits per heavy atom. The van der Waals surface area contributed by atoms with Crippen molar-refractivity contribution in [1.29, 1.82) is 0 Å². The Morgan fingerprint density at radius 1 is 1.31 bits per heavy atom. The zero-order chi connectivity index (χ0) is 8.84. The van der Waals surface area contributed by atoms with Crippen LogP contribution in [-0.4, -0.2) is 6.79 Å². The fourth-order valence-electron chi connectivity index (χ4n) is 1.87. The maximum Gasteiger partial charge on any atom is 0.231 e. The maximum absolute atomic E-state index is 5.43. The van der Waals surface area contributed by atoms with Crippen molar-refractivity contribution in [3.8, 4) is 11.5 Å². The standard InChI is InChI=1S/C11H11O2/c1-7-5-9(7)8-3-2-4-10-11(8)13-6-12-10/h2-4,7,9H,1,5-6H2. The van der Waals surface area contributed by atoms with Crippen LogP contribution in [0.2, 0.25) is 0 Å². The number of benzene rings is 1. The van der Waals surface area contributed by atoms with E-state index in [1.54, 1.807) is 0 Å². The predicted octanol–water partition coefficient (Wildman–Crippen LogP) is 2.35. The summed E-state index contributed by atoms with van der Waals surface area (Å²) in [7, 11) is 0. The van der Waals surface area contributed by atoms with E-state index in [1.807, 2.05) is 12.1 Å². The Hall–Kier alpha value is -1.18. The van der Waals surface area contributed by atoms with Gasteiger partial charge in [0.25, 0.3) is 0 Å². The smallest absolute Gasteiger partial charge is 0.231 e. The predicted molar refractivity (Wildman–Crippen MR) is 48.8 cm³/mol. The molecule has 1 heterocycles. The Kier molecular flexibility index (Phi) is 1.34. The van der Waals surface area contributed by atoms with Gasteiger partial charge >= 0.3 is 0 Å². The molecule has 0 N–H and O–H groups in total. The van der Waals surface area contributed by atoms with Gasteiger partial charge in [-0.05, 0) is 31.2 Å². The zero-order valence-electron chi connectivity index (χ0n) is 7.32. The SMILES string of the molecule is [CH2]C1CC1c1cccc2c1OCO2. The van der Waals surface area contributed by atoms with E-state index in [1.165, 1.54) is 12.0 Å². The summed E-state index contributed by atoms with van der Waals surface area (Å²) in [6.45, 7) is 4.40. The number of para-hydroxylation sites is 1. The fraction of sp³-hybridized carbons (Fsp3) is 0.364. The van der Waals surface area contributed by atoms with Crippen molar-refractivity contribution in [2.75, 3.05) is 6.79 Å². The van der Waals surface area contributed by atoms with Gasteiger partial charge in [-0.1, -0.05) is 12.1 Å². The van der Waals surface area contributed by atoms with Crippen LogP contribution in [0.15, 0.2) is 18.2 Å². The van der Waals surface area contributed by atoms with E-state index in [4.69, 9.17) is 9.47 Å². The fourth-order valence-corrected chi connectivity index (χ4v) is 1.87. The summed E-state index contributed by atoms with van der Waals surface area (Å²) in [5.41, 5.74) is 1.27. The van der Waals surface area contributed by atoms with Crippen molar-refractivity contribution in [3.05, 3.63) is 30.7 Å². The highest BCUT2D eigenvalue weighted by Gasteiger charge is 2.37. The average molecular weight is 175 g/mol. The van der Waals surface area contributed by atoms with Crippen molar-refractivity contribution in [1.82, 2.24) is 0 Å². The topological polar surface area (TPSA) is 18.5 Å². The van der Waals surface area contributed by atoms with Crippen LogP contribution in [-0.2, 0) is 0 Å². The van der Waals surface area contributed by atoms with E-state index in [9.17, 15) is 0 Å². The van der Waals surface area contributed by atoms with E-state index < -0.39 is 0 Å². The van der Waals surface area contributed by atoms with Crippen LogP contribution in [0.25, 0.3) is 0 Å². The van der Waals surface area contributed by atoms with Crippen LogP contribution >= 0.6 is 0 Å². The summed E-state index contributed by atoms with van der Waals surface area (Å²) >= 11 is 0. The summed E-state index contributed by atoms with van der Waals surface area (Å²) in [6, 6.07) is 6.09. The van der Waals surface area contributed by atoms with Gasteiger partial charge in [-0.2, -0.15) is 0 Å². The lowest BCUT2D eigenvalue weighted by Crippen LogP contribution is -1.94. The quantitative estimate of drug-likeness (QED) is 0.652. The van der Waals surface area contributed by atoms with E-state index in [2.05, 4.69) is 13.0 Å². The molecule has 2 aliphatic rings. The van der Waals surface area contributed by atoms with Gasteiger partial charge in [0.05, 0.1) is 0 Å². The molecule has 2 heteroatoms. The minimum Gasteiger partial charge on any atom is -0.454 e. The Labute approximate surface area is 77.5 Å². The van der Waals surface area contributed by atoms with Crippen LogP contribution in [0.3, 0.4) is 0 Å². The van der Waals surface area contributed by atoms with Crippen LogP contribution in [0.4, 0.5) is 0 Å². The third kappa shape index (κ3) is 1.01. The average Bonchev–Trinajstić information content (AvgIpc) is 2.66. The number of hydrogen-bond acceptors (Lipinski definition) is 2. The first-order valence-corrected chi connectivity index (χ1v) is 4.58. The van der Waals surface area contributed by atoms with E-state index in [0.29, 0.717) is 18.6 Å². The summed E-state index contributed by atoms with van der Waals surface area (Å²) in [5.74, 6) is 2.99. The molecule has 1 radical (unpaired) electrons. The Morgan fingerprint density at radius 2 is 2.15 bits per heavy atom. The highest BCUT2D eigenvalue weighted by molar-refractivity contribution is 5.51. The Bertz CT molecular complexity index is 346. The minimum absolute atomic E-state index is 0.362. The van der Waals surface area contributed by atoms with Gasteiger partial charge in [0, 0.05) is 5.56 Å². The third-order valence-electron chi connectivity index (χ3n) is 2.75. The molecule has 1 fully saturated rings. The van der Waals surface area contributed by atoms with Gasteiger partial charge < -0.3 is 9.47 Å². The second-order valence-corrected chi connectivity index (χ2v) is 3.68. The molecule has 0 spiro atoms. The Balaban J connectivity index is 2.05. The molecule has 13 heavy (non-hydrogen) atoms. The molecule has 0 amide bonds. The molecule has 1 aromatic carbocycles. The molecule has 1 aliphatic carbocycles. The van der Waals surface area contributed by atoms with E-state index in [0.717, 1.165) is 11.5 Å². The van der Waals surface area contributed by atoms with Crippen molar-refractivity contribution < 1.29 is 9.47 Å². The second kappa shape index (κ2) is 2.41. The number of hydrogen-bond donors (Lipinski definition) is 0. The van der Waals surface area contributed by atoms with Gasteiger partial charge in [0.15, 0.2) is 11.5 Å². The van der Waals surface area contributed by atoms with E-state index >= 15 is 0 Å². The molecule has 0 saturated heterocycles. The molecule has 2 nitrogen and oxygen atoms in total. The highest BCUT2D eigenvalue weighted by Crippen LogP contribution is 2.52. The van der Waals surface area contributed by atoms with Gasteiger partial charge in [-0.3, -0.25) is 0 Å². The summed E-state index contributed by atoms with van der Waals surface area (Å²) < 4.78 is 10.7. The molecule has 3 rings (SSSR count). The zero-order valence-corrected chi connectivity index (χ0v) is 7.32. The lowest BCUT2D eigenvalue weighted by molar-refractivity contribution is 0.173. The van der Waals surface area contributed by atoms with Crippen LogP contribution in [0, 0.1) is 12.8 Å². The lowest BCUT2D eigenvalue weighted by atomic mass is 10.1. The summed E-state index contributed by atoms with van der Waals surface area (Å²) in [4.78, 5) is 0. The van der Waals surface area contributed by atoms with Gasteiger partial charge in [0.2, 0.25) is 6.79 Å². The largest absolute Gasteiger partial charge is 0.454 e. The van der Waals surface area contributed by atoms with Crippen molar-refractivity contribution >= 4 is 0 Å². The first-order chi connectivity index (χ1) is 6.36. The molecular weight excluding hydrogens is 164 g/mol. The maximum atomic E-state index is 5.43. The van der Waals surface area contributed by atoms with Crippen LogP contribution < -0.4 is 9.47 Å². The van der Waals surface area contributed by atoms with Crippen LogP contribution in [0.5, 0.6) is 11.5 Å². The monoisotopic (exact) mass is 175 g/mol. The van der Waals surface area contributed by atoms with Gasteiger partial charge in [-0.15, -0.1) is 0 Å². The molecule has 0 bridgehead atoms. The second-order valence-electron chi connectivity index (χ2n) is 3.68.